The van der Waals surface area contributed by atoms with Crippen molar-refractivity contribution < 1.29 is 19.4 Å². The number of β-amino-alcohol motifs (C(OH)–C–C–N with tert-alkyl or cyclic N) is 1. The Morgan fingerprint density at radius 3 is 2.33 bits per heavy atom. The first-order valence-electron chi connectivity index (χ1n) is 10.1. The Balaban J connectivity index is 1.56. The topological polar surface area (TPSA) is 66.8 Å². The van der Waals surface area contributed by atoms with Crippen LogP contribution in [0.4, 0.5) is 0 Å². The van der Waals surface area contributed by atoms with E-state index in [1.165, 1.54) is 11.3 Å². The maximum absolute atomic E-state index is 12.6. The first-order valence-corrected chi connectivity index (χ1v) is 10.1. The summed E-state index contributed by atoms with van der Waals surface area (Å²) in [7, 11) is 0. The van der Waals surface area contributed by atoms with E-state index in [0.29, 0.717) is 18.8 Å². The molecule has 148 valence electrons. The number of hydrogen-bond acceptors (Lipinski definition) is 4. The van der Waals surface area contributed by atoms with Crippen molar-refractivity contribution in [1.29, 1.82) is 0 Å². The van der Waals surface area contributed by atoms with E-state index in [1.54, 1.807) is 0 Å². The zero-order valence-electron chi connectivity index (χ0n) is 16.4. The highest BCUT2D eigenvalue weighted by Crippen LogP contribution is 2.45. The van der Waals surface area contributed by atoms with Gasteiger partial charge in [-0.3, -0.25) is 14.5 Å². The third-order valence-corrected chi connectivity index (χ3v) is 5.93. The van der Waals surface area contributed by atoms with Crippen LogP contribution in [0.25, 0.3) is 0 Å². The van der Waals surface area contributed by atoms with Gasteiger partial charge in [0.25, 0.3) is 0 Å². The molecule has 2 amide bonds. The summed E-state index contributed by atoms with van der Waals surface area (Å²) in [6.07, 6.45) is 5.32. The maximum Gasteiger partial charge on any atom is 0.229 e. The minimum atomic E-state index is -0.890. The number of rotatable bonds is 6. The Kier molecular flexibility index (Phi) is 6.20. The van der Waals surface area contributed by atoms with E-state index in [4.69, 9.17) is 4.74 Å². The van der Waals surface area contributed by atoms with Crippen molar-refractivity contribution in [3.05, 3.63) is 29.8 Å². The Labute approximate surface area is 161 Å². The first-order chi connectivity index (χ1) is 12.9. The molecule has 1 N–H and O–H groups in total. The number of hydrogen-bond donors (Lipinski definition) is 1. The van der Waals surface area contributed by atoms with Crippen LogP contribution in [0.5, 0.6) is 5.75 Å². The molecule has 3 rings (SSSR count). The molecule has 1 spiro atoms. The Morgan fingerprint density at radius 2 is 1.70 bits per heavy atom. The second-order valence-electron chi connectivity index (χ2n) is 8.47. The molecule has 1 heterocycles. The smallest absolute Gasteiger partial charge is 0.229 e. The molecule has 1 aromatic rings. The molecular formula is C22H31NO4. The predicted molar refractivity (Wildman–Crippen MR) is 104 cm³/mol. The normalized spacial score (nSPS) is 21.0. The fourth-order valence-corrected chi connectivity index (χ4v) is 4.43. The average molecular weight is 373 g/mol. The van der Waals surface area contributed by atoms with Crippen LogP contribution >= 0.6 is 0 Å². The summed E-state index contributed by atoms with van der Waals surface area (Å²) < 4.78 is 5.78. The first kappa shape index (κ1) is 19.9. The number of nitrogens with zero attached hydrogens (tertiary/aromatic N) is 1. The molecule has 27 heavy (non-hydrogen) atoms. The molecule has 5 nitrogen and oxygen atoms in total. The van der Waals surface area contributed by atoms with Gasteiger partial charge in [0, 0.05) is 12.8 Å². The monoisotopic (exact) mass is 373 g/mol. The number of carbonyl (C=O) groups excluding carboxylic acids is 2. The maximum atomic E-state index is 12.6. The summed E-state index contributed by atoms with van der Waals surface area (Å²) in [4.78, 5) is 26.4. The summed E-state index contributed by atoms with van der Waals surface area (Å²) in [5.74, 6) is 0.767. The summed E-state index contributed by atoms with van der Waals surface area (Å²) in [6, 6.07) is 7.75. The van der Waals surface area contributed by atoms with Gasteiger partial charge in [-0.25, -0.2) is 0 Å². The quantitative estimate of drug-likeness (QED) is 0.773. The van der Waals surface area contributed by atoms with Gasteiger partial charge in [-0.15, -0.1) is 0 Å². The van der Waals surface area contributed by atoms with Gasteiger partial charge >= 0.3 is 0 Å². The number of piperidine rings is 1. The molecule has 1 aliphatic heterocycles. The molecule has 1 atom stereocenters. The SMILES string of the molecule is CC(C)c1ccccc1OC[C@@H](O)CN1C(=O)CC2(CCCCC2)CC1=O. The van der Waals surface area contributed by atoms with Gasteiger partial charge < -0.3 is 9.84 Å². The van der Waals surface area contributed by atoms with E-state index >= 15 is 0 Å². The Morgan fingerprint density at radius 1 is 1.07 bits per heavy atom. The van der Waals surface area contributed by atoms with Crippen LogP contribution in [0.1, 0.15) is 70.3 Å². The molecule has 1 aromatic carbocycles. The van der Waals surface area contributed by atoms with E-state index in [0.717, 1.165) is 37.0 Å². The van der Waals surface area contributed by atoms with Gasteiger partial charge in [-0.05, 0) is 35.8 Å². The molecule has 1 aliphatic carbocycles. The van der Waals surface area contributed by atoms with Crippen LogP contribution in [0.3, 0.4) is 0 Å². The molecule has 1 saturated carbocycles. The standard InChI is InChI=1S/C22H31NO4/c1-16(2)18-8-4-5-9-19(18)27-15-17(24)14-23-20(25)12-22(13-21(23)26)10-6-3-7-11-22/h4-5,8-9,16-17,24H,3,6-7,10-15H2,1-2H3/t17-/m0/s1. The van der Waals surface area contributed by atoms with Crippen LogP contribution in [0, 0.1) is 5.41 Å². The summed E-state index contributed by atoms with van der Waals surface area (Å²) in [6.45, 7) is 4.25. The zero-order valence-corrected chi connectivity index (χ0v) is 16.4. The number of aliphatic hydroxyl groups is 1. The third-order valence-electron chi connectivity index (χ3n) is 5.93. The second kappa shape index (κ2) is 8.42. The number of carbonyl (C=O) groups is 2. The van der Waals surface area contributed by atoms with Crippen LogP contribution in [0.2, 0.25) is 0 Å². The van der Waals surface area contributed by atoms with Gasteiger partial charge in [0.05, 0.1) is 6.54 Å². The van der Waals surface area contributed by atoms with Crippen LogP contribution in [-0.4, -0.2) is 41.1 Å². The fraction of sp³-hybridized carbons (Fsp3) is 0.636. The minimum Gasteiger partial charge on any atom is -0.491 e. The van der Waals surface area contributed by atoms with Crippen molar-refractivity contribution in [1.82, 2.24) is 4.90 Å². The van der Waals surface area contributed by atoms with Crippen molar-refractivity contribution in [2.45, 2.75) is 70.8 Å². The summed E-state index contributed by atoms with van der Waals surface area (Å²) in [5, 5.41) is 10.4. The van der Waals surface area contributed by atoms with Crippen LogP contribution in [0.15, 0.2) is 24.3 Å². The number of aliphatic hydroxyl groups excluding tert-OH is 1. The molecule has 5 heteroatoms. The van der Waals surface area contributed by atoms with Gasteiger partial charge in [0.15, 0.2) is 0 Å². The van der Waals surface area contributed by atoms with Gasteiger partial charge in [-0.2, -0.15) is 0 Å². The van der Waals surface area contributed by atoms with Crippen molar-refractivity contribution in [2.24, 2.45) is 5.41 Å². The van der Waals surface area contributed by atoms with E-state index in [-0.39, 0.29) is 30.4 Å². The van der Waals surface area contributed by atoms with E-state index in [1.807, 2.05) is 24.3 Å². The second-order valence-corrected chi connectivity index (χ2v) is 8.47. The molecule has 0 aromatic heterocycles. The Hall–Kier alpha value is -1.88. The molecule has 2 aliphatic rings. The summed E-state index contributed by atoms with van der Waals surface area (Å²) >= 11 is 0. The van der Waals surface area contributed by atoms with Crippen molar-refractivity contribution >= 4 is 11.8 Å². The molecule has 0 unspecified atom stereocenters. The molecule has 2 fully saturated rings. The van der Waals surface area contributed by atoms with Crippen molar-refractivity contribution in [2.75, 3.05) is 13.2 Å². The largest absolute Gasteiger partial charge is 0.491 e. The number of para-hydroxylation sites is 1. The lowest BCUT2D eigenvalue weighted by Crippen LogP contribution is -2.51. The van der Waals surface area contributed by atoms with Crippen molar-refractivity contribution in [3.8, 4) is 5.75 Å². The molecular weight excluding hydrogens is 342 g/mol. The summed E-state index contributed by atoms with van der Waals surface area (Å²) in [5.41, 5.74) is 0.953. The van der Waals surface area contributed by atoms with E-state index < -0.39 is 6.10 Å². The number of imide groups is 1. The lowest BCUT2D eigenvalue weighted by Gasteiger charge is -2.42. The molecule has 0 bridgehead atoms. The lowest BCUT2D eigenvalue weighted by molar-refractivity contribution is -0.156. The highest BCUT2D eigenvalue weighted by molar-refractivity contribution is 5.98. The zero-order chi connectivity index (χ0) is 19.4. The predicted octanol–water partition coefficient (Wildman–Crippen LogP) is 3.65. The average Bonchev–Trinajstić information content (AvgIpc) is 2.64. The minimum absolute atomic E-state index is 0.0115. The van der Waals surface area contributed by atoms with E-state index in [9.17, 15) is 14.7 Å². The molecule has 1 saturated heterocycles. The Bertz CT molecular complexity index is 659. The number of benzene rings is 1. The highest BCUT2D eigenvalue weighted by atomic mass is 16.5. The van der Waals surface area contributed by atoms with Gasteiger partial charge in [0.1, 0.15) is 18.5 Å². The fourth-order valence-electron chi connectivity index (χ4n) is 4.43. The highest BCUT2D eigenvalue weighted by Gasteiger charge is 2.44. The van der Waals surface area contributed by atoms with Crippen molar-refractivity contribution in [3.63, 3.8) is 0 Å². The molecule has 0 radical (unpaired) electrons. The third kappa shape index (κ3) is 4.70. The lowest BCUT2D eigenvalue weighted by atomic mass is 9.67. The van der Waals surface area contributed by atoms with Crippen LogP contribution < -0.4 is 4.74 Å². The number of amides is 2. The van der Waals surface area contributed by atoms with Gasteiger partial charge in [-0.1, -0.05) is 51.3 Å². The number of ether oxygens (including phenoxy) is 1. The van der Waals surface area contributed by atoms with Gasteiger partial charge in [0.2, 0.25) is 11.8 Å². The van der Waals surface area contributed by atoms with E-state index in [2.05, 4.69) is 13.8 Å². The number of likely N-dealkylation sites (tertiary alicyclic amines) is 1. The van der Waals surface area contributed by atoms with Crippen LogP contribution in [-0.2, 0) is 9.59 Å².